The van der Waals surface area contributed by atoms with Crippen molar-refractivity contribution in [3.05, 3.63) is 40.5 Å². The lowest BCUT2D eigenvalue weighted by Gasteiger charge is -1.94. The number of pyridine rings is 1. The molecule has 0 aliphatic carbocycles. The smallest absolute Gasteiger partial charge is 0.141 e. The van der Waals surface area contributed by atoms with E-state index in [2.05, 4.69) is 11.6 Å². The molecule has 2 nitrogen and oxygen atoms in total. The molecule has 0 radical (unpaired) electrons. The first kappa shape index (κ1) is 13.4. The van der Waals surface area contributed by atoms with Crippen molar-refractivity contribution in [3.8, 4) is 0 Å². The van der Waals surface area contributed by atoms with Gasteiger partial charge in [-0.3, -0.25) is 0 Å². The van der Waals surface area contributed by atoms with Crippen LogP contribution in [0, 0.1) is 6.92 Å². The molecule has 0 fully saturated rings. The summed E-state index contributed by atoms with van der Waals surface area (Å²) in [5, 5.41) is 10.8. The minimum Gasteiger partial charge on any atom is -0.506 e. The van der Waals surface area contributed by atoms with E-state index in [0.717, 1.165) is 10.9 Å². The van der Waals surface area contributed by atoms with E-state index in [1.165, 1.54) is 0 Å². The number of allylic oxidation sites excluding steroid dienone is 1. The summed E-state index contributed by atoms with van der Waals surface area (Å²) < 4.78 is 0. The molecular weight excluding hydrogens is 186 g/mol. The van der Waals surface area contributed by atoms with Crippen LogP contribution in [0.5, 0.6) is 0 Å². The Balaban J connectivity index is 0.000000921. The van der Waals surface area contributed by atoms with Gasteiger partial charge in [-0.1, -0.05) is 32.6 Å². The Kier molecular flexibility index (Phi) is 6.11. The fraction of sp³-hybridized carbons (Fsp3) is 0.308. The summed E-state index contributed by atoms with van der Waals surface area (Å²) in [6, 6.07) is 3.71. The highest BCUT2D eigenvalue weighted by Gasteiger charge is 1.92. The molecule has 1 rings (SSSR count). The van der Waals surface area contributed by atoms with Crippen LogP contribution in [0.3, 0.4) is 0 Å². The molecule has 0 aliphatic rings. The van der Waals surface area contributed by atoms with Gasteiger partial charge in [0.1, 0.15) is 11.1 Å². The highest BCUT2D eigenvalue weighted by atomic mass is 16.3. The van der Waals surface area contributed by atoms with E-state index < -0.39 is 0 Å². The van der Waals surface area contributed by atoms with Gasteiger partial charge in [0, 0.05) is 5.69 Å². The Morgan fingerprint density at radius 1 is 1.40 bits per heavy atom. The van der Waals surface area contributed by atoms with Crippen LogP contribution in [0.15, 0.2) is 24.3 Å². The van der Waals surface area contributed by atoms with Crippen LogP contribution in [0.4, 0.5) is 0 Å². The number of rotatable bonds is 1. The molecule has 0 saturated heterocycles. The second kappa shape index (κ2) is 6.82. The van der Waals surface area contributed by atoms with Crippen LogP contribution in [0.25, 0.3) is 12.3 Å². The summed E-state index contributed by atoms with van der Waals surface area (Å²) in [6.07, 6.45) is 3.37. The molecule has 1 N–H and O–H groups in total. The van der Waals surface area contributed by atoms with Crippen molar-refractivity contribution in [3.63, 3.8) is 0 Å². The van der Waals surface area contributed by atoms with Gasteiger partial charge in [-0.15, -0.1) is 0 Å². The molecule has 0 aromatic carbocycles. The van der Waals surface area contributed by atoms with Crippen LogP contribution in [0.2, 0.25) is 0 Å². The Hall–Kier alpha value is -1.57. The second-order valence-electron chi connectivity index (χ2n) is 2.85. The predicted molar refractivity (Wildman–Crippen MR) is 65.9 cm³/mol. The molecule has 82 valence electrons. The van der Waals surface area contributed by atoms with Gasteiger partial charge in [-0.25, -0.2) is 4.98 Å². The molecule has 0 unspecified atom stereocenters. The lowest BCUT2D eigenvalue weighted by molar-refractivity contribution is 0.508. The van der Waals surface area contributed by atoms with Gasteiger partial charge in [-0.2, -0.15) is 0 Å². The maximum absolute atomic E-state index is 9.55. The van der Waals surface area contributed by atoms with Crippen molar-refractivity contribution in [1.29, 1.82) is 0 Å². The normalized spacial score (nSPS) is 12.0. The number of aliphatic hydroxyl groups excluding tert-OH is 1. The molecule has 0 atom stereocenters. The molecule has 0 saturated carbocycles. The third kappa shape index (κ3) is 3.98. The quantitative estimate of drug-likeness (QED) is 0.761. The zero-order valence-electron chi connectivity index (χ0n) is 9.91. The van der Waals surface area contributed by atoms with Crippen LogP contribution in [-0.2, 0) is 0 Å². The van der Waals surface area contributed by atoms with E-state index in [1.807, 2.05) is 39.8 Å². The fourth-order valence-electron chi connectivity index (χ4n) is 1.04. The third-order valence-electron chi connectivity index (χ3n) is 1.69. The standard InChI is InChI=1S/C11H13NO.C2H6/c1-4-5-10(13)11-8(2)6-7-9(3)12-11;1-2/h4-7,13H,2H2,1,3H3;1-2H3/b5-4-,11-10-;. The van der Waals surface area contributed by atoms with Crippen molar-refractivity contribution in [1.82, 2.24) is 4.98 Å². The molecule has 1 aromatic heterocycles. The summed E-state index contributed by atoms with van der Waals surface area (Å²) >= 11 is 0. The molecule has 0 spiro atoms. The van der Waals surface area contributed by atoms with Crippen molar-refractivity contribution in [2.75, 3.05) is 0 Å². The summed E-state index contributed by atoms with van der Waals surface area (Å²) in [7, 11) is 0. The topological polar surface area (TPSA) is 33.1 Å². The SMILES string of the molecule is C=c1ccc(C)n/c1=C(O)/C=C\C.CC. The van der Waals surface area contributed by atoms with E-state index in [1.54, 1.807) is 12.2 Å². The second-order valence-corrected chi connectivity index (χ2v) is 2.85. The molecule has 1 aromatic rings. The molecule has 15 heavy (non-hydrogen) atoms. The number of nitrogens with zero attached hydrogens (tertiary/aromatic N) is 1. The Labute approximate surface area is 91.3 Å². The summed E-state index contributed by atoms with van der Waals surface area (Å²) in [5.74, 6) is 0.163. The lowest BCUT2D eigenvalue weighted by atomic mass is 10.3. The maximum atomic E-state index is 9.55. The number of aromatic nitrogens is 1. The highest BCUT2D eigenvalue weighted by Crippen LogP contribution is 1.87. The van der Waals surface area contributed by atoms with Crippen molar-refractivity contribution < 1.29 is 5.11 Å². The number of aryl methyl sites for hydroxylation is 1. The first-order valence-electron chi connectivity index (χ1n) is 5.13. The van der Waals surface area contributed by atoms with Crippen LogP contribution >= 0.6 is 0 Å². The predicted octanol–water partition coefficient (Wildman–Crippen LogP) is 2.07. The Bertz CT molecular complexity index is 432. The average molecular weight is 205 g/mol. The molecule has 0 amide bonds. The molecule has 2 heteroatoms. The highest BCUT2D eigenvalue weighted by molar-refractivity contribution is 5.46. The zero-order valence-corrected chi connectivity index (χ0v) is 9.91. The minimum atomic E-state index is 0.163. The monoisotopic (exact) mass is 205 g/mol. The van der Waals surface area contributed by atoms with Gasteiger partial charge >= 0.3 is 0 Å². The van der Waals surface area contributed by atoms with Crippen molar-refractivity contribution in [2.45, 2.75) is 27.7 Å². The van der Waals surface area contributed by atoms with Gasteiger partial charge in [0.15, 0.2) is 0 Å². The van der Waals surface area contributed by atoms with Gasteiger partial charge in [0.05, 0.1) is 0 Å². The Morgan fingerprint density at radius 3 is 2.53 bits per heavy atom. The number of hydrogen-bond acceptors (Lipinski definition) is 2. The summed E-state index contributed by atoms with van der Waals surface area (Å²) in [6.45, 7) is 11.5. The molecule has 0 bridgehead atoms. The van der Waals surface area contributed by atoms with Gasteiger partial charge in [0.2, 0.25) is 0 Å². The van der Waals surface area contributed by atoms with Gasteiger partial charge < -0.3 is 5.11 Å². The molecular formula is C13H19NO. The number of aliphatic hydroxyl groups is 1. The van der Waals surface area contributed by atoms with E-state index >= 15 is 0 Å². The van der Waals surface area contributed by atoms with Crippen LogP contribution in [-0.4, -0.2) is 10.1 Å². The lowest BCUT2D eigenvalue weighted by Crippen LogP contribution is -2.29. The van der Waals surface area contributed by atoms with Crippen LogP contribution < -0.4 is 10.6 Å². The fourth-order valence-corrected chi connectivity index (χ4v) is 1.04. The zero-order chi connectivity index (χ0) is 11.8. The van der Waals surface area contributed by atoms with E-state index in [-0.39, 0.29) is 5.76 Å². The van der Waals surface area contributed by atoms with E-state index in [9.17, 15) is 5.11 Å². The van der Waals surface area contributed by atoms with Crippen molar-refractivity contribution >= 4 is 12.3 Å². The van der Waals surface area contributed by atoms with Gasteiger partial charge in [0.25, 0.3) is 0 Å². The minimum absolute atomic E-state index is 0.163. The van der Waals surface area contributed by atoms with E-state index in [4.69, 9.17) is 0 Å². The summed E-state index contributed by atoms with van der Waals surface area (Å²) in [5.41, 5.74) is 0.874. The first-order chi connectivity index (χ1) is 7.15. The summed E-state index contributed by atoms with van der Waals surface area (Å²) in [4.78, 5) is 4.19. The largest absolute Gasteiger partial charge is 0.506 e. The van der Waals surface area contributed by atoms with E-state index in [0.29, 0.717) is 5.35 Å². The Morgan fingerprint density at radius 2 is 2.00 bits per heavy atom. The third-order valence-corrected chi connectivity index (χ3v) is 1.69. The number of hydrogen-bond donors (Lipinski definition) is 1. The molecule has 1 heterocycles. The van der Waals surface area contributed by atoms with Crippen LogP contribution in [0.1, 0.15) is 26.5 Å². The average Bonchev–Trinajstić information content (AvgIpc) is 2.25. The van der Waals surface area contributed by atoms with Gasteiger partial charge in [-0.05, 0) is 31.2 Å². The van der Waals surface area contributed by atoms with Crippen molar-refractivity contribution in [2.24, 2.45) is 0 Å². The molecule has 0 aliphatic heterocycles. The first-order valence-corrected chi connectivity index (χ1v) is 5.13. The maximum Gasteiger partial charge on any atom is 0.141 e.